The number of anilines is 1. The number of ether oxygens (including phenoxy) is 2. The molecule has 1 aromatic rings. The van der Waals surface area contributed by atoms with Gasteiger partial charge in [-0.1, -0.05) is 0 Å². The normalized spacial score (nSPS) is 20.1. The number of rotatable bonds is 3. The first-order chi connectivity index (χ1) is 8.20. The van der Waals surface area contributed by atoms with Crippen molar-refractivity contribution in [1.29, 1.82) is 0 Å². The van der Waals surface area contributed by atoms with Gasteiger partial charge < -0.3 is 20.1 Å². The smallest absolute Gasteiger partial charge is 0.248 e. The molecule has 2 N–H and O–H groups in total. The third-order valence-electron chi connectivity index (χ3n) is 2.49. The Morgan fingerprint density at radius 1 is 1.71 bits per heavy atom. The van der Waals surface area contributed by atoms with E-state index in [9.17, 15) is 4.79 Å². The lowest BCUT2D eigenvalue weighted by Crippen LogP contribution is -2.49. The van der Waals surface area contributed by atoms with E-state index in [0.29, 0.717) is 31.5 Å². The van der Waals surface area contributed by atoms with Gasteiger partial charge in [0.1, 0.15) is 0 Å². The molecule has 0 spiro atoms. The van der Waals surface area contributed by atoms with E-state index in [1.54, 1.807) is 12.3 Å². The fourth-order valence-corrected chi connectivity index (χ4v) is 1.60. The van der Waals surface area contributed by atoms with Crippen molar-refractivity contribution >= 4 is 11.9 Å². The standard InChI is InChI=1S/C10H14N4O3/c1-16-8-2-3-12-10(13-8)14-4-5-17-7(6-14)9(11)15/h2-3,7H,4-6H2,1H3,(H2,11,15). The van der Waals surface area contributed by atoms with Crippen molar-refractivity contribution in [3.8, 4) is 5.88 Å². The molecule has 7 heteroatoms. The third kappa shape index (κ3) is 2.62. The molecule has 92 valence electrons. The molecule has 0 aliphatic carbocycles. The molecule has 2 rings (SSSR count). The monoisotopic (exact) mass is 238 g/mol. The second-order valence-electron chi connectivity index (χ2n) is 3.61. The molecule has 1 unspecified atom stereocenters. The summed E-state index contributed by atoms with van der Waals surface area (Å²) in [6.45, 7) is 1.41. The Morgan fingerprint density at radius 2 is 2.53 bits per heavy atom. The molecule has 1 aliphatic heterocycles. The highest BCUT2D eigenvalue weighted by molar-refractivity contribution is 5.79. The van der Waals surface area contributed by atoms with Crippen molar-refractivity contribution in [1.82, 2.24) is 9.97 Å². The number of hydrogen-bond acceptors (Lipinski definition) is 6. The molecule has 0 saturated carbocycles. The van der Waals surface area contributed by atoms with Gasteiger partial charge in [-0.25, -0.2) is 4.98 Å². The Balaban J connectivity index is 2.13. The molecule has 1 aromatic heterocycles. The summed E-state index contributed by atoms with van der Waals surface area (Å²) in [5.41, 5.74) is 5.21. The van der Waals surface area contributed by atoms with Gasteiger partial charge in [-0.15, -0.1) is 0 Å². The summed E-state index contributed by atoms with van der Waals surface area (Å²) in [5, 5.41) is 0. The van der Waals surface area contributed by atoms with Crippen molar-refractivity contribution in [2.24, 2.45) is 5.73 Å². The van der Waals surface area contributed by atoms with Crippen LogP contribution in [0.4, 0.5) is 5.95 Å². The Hall–Kier alpha value is -1.89. The Morgan fingerprint density at radius 3 is 3.24 bits per heavy atom. The number of methoxy groups -OCH3 is 1. The zero-order valence-electron chi connectivity index (χ0n) is 9.50. The number of aromatic nitrogens is 2. The van der Waals surface area contributed by atoms with Crippen LogP contribution in [0.1, 0.15) is 0 Å². The molecular formula is C10H14N4O3. The molecule has 1 saturated heterocycles. The van der Waals surface area contributed by atoms with Crippen molar-refractivity contribution < 1.29 is 14.3 Å². The number of carbonyl (C=O) groups excluding carboxylic acids is 1. The zero-order valence-corrected chi connectivity index (χ0v) is 9.50. The first kappa shape index (κ1) is 11.6. The molecule has 1 fully saturated rings. The van der Waals surface area contributed by atoms with Crippen LogP contribution in [0.3, 0.4) is 0 Å². The quantitative estimate of drug-likeness (QED) is 0.739. The van der Waals surface area contributed by atoms with Gasteiger partial charge in [-0.05, 0) is 0 Å². The average molecular weight is 238 g/mol. The van der Waals surface area contributed by atoms with E-state index in [1.165, 1.54) is 7.11 Å². The molecule has 0 bridgehead atoms. The highest BCUT2D eigenvalue weighted by Crippen LogP contribution is 2.15. The van der Waals surface area contributed by atoms with Crippen LogP contribution in [0, 0.1) is 0 Å². The van der Waals surface area contributed by atoms with E-state index in [-0.39, 0.29) is 0 Å². The van der Waals surface area contributed by atoms with Crippen molar-refractivity contribution in [3.63, 3.8) is 0 Å². The lowest BCUT2D eigenvalue weighted by atomic mass is 10.2. The number of carbonyl (C=O) groups is 1. The molecule has 1 atom stereocenters. The second kappa shape index (κ2) is 4.96. The first-order valence-electron chi connectivity index (χ1n) is 5.23. The summed E-state index contributed by atoms with van der Waals surface area (Å²) in [5.74, 6) is 0.522. The Labute approximate surface area is 98.5 Å². The fourth-order valence-electron chi connectivity index (χ4n) is 1.60. The fraction of sp³-hybridized carbons (Fsp3) is 0.500. The first-order valence-corrected chi connectivity index (χ1v) is 5.23. The largest absolute Gasteiger partial charge is 0.481 e. The third-order valence-corrected chi connectivity index (χ3v) is 2.49. The van der Waals surface area contributed by atoms with Gasteiger partial charge >= 0.3 is 0 Å². The van der Waals surface area contributed by atoms with E-state index in [1.807, 2.05) is 4.90 Å². The van der Waals surface area contributed by atoms with Gasteiger partial charge in [0.15, 0.2) is 6.10 Å². The zero-order chi connectivity index (χ0) is 12.3. The number of amides is 1. The minimum atomic E-state index is -0.612. The van der Waals surface area contributed by atoms with Crippen LogP contribution in [-0.4, -0.2) is 48.8 Å². The number of nitrogens with two attached hydrogens (primary N) is 1. The van der Waals surface area contributed by atoms with Crippen molar-refractivity contribution in [2.45, 2.75) is 6.10 Å². The average Bonchev–Trinajstić information content (AvgIpc) is 2.39. The van der Waals surface area contributed by atoms with E-state index in [2.05, 4.69) is 9.97 Å². The Bertz CT molecular complexity index is 412. The maximum Gasteiger partial charge on any atom is 0.248 e. The summed E-state index contributed by atoms with van der Waals surface area (Å²) in [7, 11) is 1.54. The second-order valence-corrected chi connectivity index (χ2v) is 3.61. The number of primary amides is 1. The molecule has 7 nitrogen and oxygen atoms in total. The van der Waals surface area contributed by atoms with Crippen LogP contribution >= 0.6 is 0 Å². The van der Waals surface area contributed by atoms with Crippen LogP contribution in [0.5, 0.6) is 5.88 Å². The van der Waals surface area contributed by atoms with E-state index >= 15 is 0 Å². The maximum absolute atomic E-state index is 11.1. The summed E-state index contributed by atoms with van der Waals surface area (Å²) >= 11 is 0. The van der Waals surface area contributed by atoms with E-state index in [4.69, 9.17) is 15.2 Å². The highest BCUT2D eigenvalue weighted by atomic mass is 16.5. The maximum atomic E-state index is 11.1. The van der Waals surface area contributed by atoms with Gasteiger partial charge in [-0.2, -0.15) is 4.98 Å². The predicted molar refractivity (Wildman–Crippen MR) is 59.7 cm³/mol. The van der Waals surface area contributed by atoms with Gasteiger partial charge in [-0.3, -0.25) is 4.79 Å². The summed E-state index contributed by atoms with van der Waals surface area (Å²) in [4.78, 5) is 21.2. The molecular weight excluding hydrogens is 224 g/mol. The highest BCUT2D eigenvalue weighted by Gasteiger charge is 2.26. The van der Waals surface area contributed by atoms with Gasteiger partial charge in [0, 0.05) is 18.8 Å². The number of nitrogens with zero attached hydrogens (tertiary/aromatic N) is 3. The molecule has 2 heterocycles. The SMILES string of the molecule is COc1ccnc(N2CCOC(C(N)=O)C2)n1. The number of morpholine rings is 1. The van der Waals surface area contributed by atoms with Crippen LogP contribution in [0.25, 0.3) is 0 Å². The minimum absolute atomic E-state index is 0.364. The lowest BCUT2D eigenvalue weighted by Gasteiger charge is -2.31. The number of hydrogen-bond donors (Lipinski definition) is 1. The van der Waals surface area contributed by atoms with Crippen molar-refractivity contribution in [3.05, 3.63) is 12.3 Å². The van der Waals surface area contributed by atoms with Crippen molar-refractivity contribution in [2.75, 3.05) is 31.7 Å². The van der Waals surface area contributed by atoms with Crippen LogP contribution in [-0.2, 0) is 9.53 Å². The van der Waals surface area contributed by atoms with Crippen LogP contribution < -0.4 is 15.4 Å². The molecule has 0 radical (unpaired) electrons. The van der Waals surface area contributed by atoms with Crippen LogP contribution in [0.15, 0.2) is 12.3 Å². The molecule has 1 amide bonds. The van der Waals surface area contributed by atoms with E-state index in [0.717, 1.165) is 0 Å². The summed E-state index contributed by atoms with van der Waals surface area (Å²) in [6.07, 6.45) is 0.995. The molecule has 1 aliphatic rings. The topological polar surface area (TPSA) is 90.6 Å². The van der Waals surface area contributed by atoms with Gasteiger partial charge in [0.05, 0.1) is 20.3 Å². The molecule has 17 heavy (non-hydrogen) atoms. The summed E-state index contributed by atoms with van der Waals surface area (Å²) in [6, 6.07) is 1.66. The van der Waals surface area contributed by atoms with Crippen LogP contribution in [0.2, 0.25) is 0 Å². The predicted octanol–water partition coefficient (Wildman–Crippen LogP) is -0.824. The lowest BCUT2D eigenvalue weighted by molar-refractivity contribution is -0.130. The Kier molecular flexibility index (Phi) is 3.38. The van der Waals surface area contributed by atoms with Gasteiger partial charge in [0.2, 0.25) is 17.7 Å². The summed E-state index contributed by atoms with van der Waals surface area (Å²) < 4.78 is 10.3. The minimum Gasteiger partial charge on any atom is -0.481 e. The van der Waals surface area contributed by atoms with E-state index < -0.39 is 12.0 Å². The molecule has 0 aromatic carbocycles. The van der Waals surface area contributed by atoms with Gasteiger partial charge in [0.25, 0.3) is 0 Å².